The molecule has 1 saturated heterocycles. The van der Waals surface area contributed by atoms with Crippen molar-refractivity contribution in [2.24, 2.45) is 0 Å². The van der Waals surface area contributed by atoms with Crippen LogP contribution >= 0.6 is 23.4 Å². The standard InChI is InChI=1S/C10H11ClOS/c11-10-4-2-1-3-8(10)6-13-7-9-5-12-9/h1-4,9H,5-7H2. The maximum absolute atomic E-state index is 6.01. The number of halogens is 1. The second-order valence-electron chi connectivity index (χ2n) is 3.06. The van der Waals surface area contributed by atoms with Crippen molar-refractivity contribution in [1.29, 1.82) is 0 Å². The summed E-state index contributed by atoms with van der Waals surface area (Å²) in [7, 11) is 0. The Hall–Kier alpha value is -0.180. The van der Waals surface area contributed by atoms with Gasteiger partial charge in [-0.2, -0.15) is 11.8 Å². The zero-order valence-corrected chi connectivity index (χ0v) is 8.77. The highest BCUT2D eigenvalue weighted by molar-refractivity contribution is 7.98. The second kappa shape index (κ2) is 4.36. The molecule has 0 N–H and O–H groups in total. The van der Waals surface area contributed by atoms with E-state index in [0.29, 0.717) is 6.10 Å². The summed E-state index contributed by atoms with van der Waals surface area (Å²) in [5.74, 6) is 2.07. The summed E-state index contributed by atoms with van der Waals surface area (Å²) < 4.78 is 5.12. The Morgan fingerprint density at radius 2 is 2.23 bits per heavy atom. The van der Waals surface area contributed by atoms with E-state index in [0.717, 1.165) is 23.1 Å². The number of thioether (sulfide) groups is 1. The van der Waals surface area contributed by atoms with Crippen LogP contribution in [0.5, 0.6) is 0 Å². The van der Waals surface area contributed by atoms with E-state index >= 15 is 0 Å². The molecule has 13 heavy (non-hydrogen) atoms. The van der Waals surface area contributed by atoms with Gasteiger partial charge < -0.3 is 4.74 Å². The van der Waals surface area contributed by atoms with Crippen LogP contribution in [-0.2, 0) is 10.5 Å². The largest absolute Gasteiger partial charge is 0.372 e. The van der Waals surface area contributed by atoms with Crippen LogP contribution in [0, 0.1) is 0 Å². The molecular weight excluding hydrogens is 204 g/mol. The number of hydrogen-bond donors (Lipinski definition) is 0. The first-order chi connectivity index (χ1) is 6.36. The van der Waals surface area contributed by atoms with Crippen LogP contribution in [0.15, 0.2) is 24.3 Å². The maximum Gasteiger partial charge on any atom is 0.0900 e. The summed E-state index contributed by atoms with van der Waals surface area (Å²) >= 11 is 7.89. The van der Waals surface area contributed by atoms with Crippen molar-refractivity contribution in [3.05, 3.63) is 34.9 Å². The van der Waals surface area contributed by atoms with Crippen LogP contribution < -0.4 is 0 Å². The van der Waals surface area contributed by atoms with Crippen molar-refractivity contribution in [1.82, 2.24) is 0 Å². The minimum atomic E-state index is 0.507. The first kappa shape index (κ1) is 9.38. The third-order valence-corrected chi connectivity index (χ3v) is 3.41. The van der Waals surface area contributed by atoms with E-state index < -0.39 is 0 Å². The topological polar surface area (TPSA) is 12.5 Å². The Balaban J connectivity index is 1.82. The lowest BCUT2D eigenvalue weighted by molar-refractivity contribution is 0.426. The molecule has 1 aliphatic rings. The maximum atomic E-state index is 6.01. The molecule has 1 aromatic rings. The monoisotopic (exact) mass is 214 g/mol. The lowest BCUT2D eigenvalue weighted by Crippen LogP contribution is -1.90. The molecule has 1 atom stereocenters. The normalized spacial score (nSPS) is 20.2. The number of rotatable bonds is 4. The second-order valence-corrected chi connectivity index (χ2v) is 4.50. The van der Waals surface area contributed by atoms with Crippen molar-refractivity contribution in [3.63, 3.8) is 0 Å². The molecule has 1 nitrogen and oxygen atoms in total. The van der Waals surface area contributed by atoms with Gasteiger partial charge >= 0.3 is 0 Å². The van der Waals surface area contributed by atoms with Crippen molar-refractivity contribution in [2.45, 2.75) is 11.9 Å². The average Bonchev–Trinajstić information content (AvgIpc) is 2.92. The van der Waals surface area contributed by atoms with Gasteiger partial charge in [0.2, 0.25) is 0 Å². The Kier molecular flexibility index (Phi) is 3.14. The van der Waals surface area contributed by atoms with Crippen molar-refractivity contribution < 1.29 is 4.74 Å². The lowest BCUT2D eigenvalue weighted by atomic mass is 10.2. The highest BCUT2D eigenvalue weighted by Gasteiger charge is 2.21. The van der Waals surface area contributed by atoms with E-state index in [2.05, 4.69) is 6.07 Å². The van der Waals surface area contributed by atoms with Crippen LogP contribution in [-0.4, -0.2) is 18.5 Å². The highest BCUT2D eigenvalue weighted by Crippen LogP contribution is 2.23. The van der Waals surface area contributed by atoms with E-state index in [9.17, 15) is 0 Å². The Morgan fingerprint density at radius 1 is 1.46 bits per heavy atom. The molecule has 1 aliphatic heterocycles. The molecule has 70 valence electrons. The quantitative estimate of drug-likeness (QED) is 0.715. The SMILES string of the molecule is Clc1ccccc1CSCC1CO1. The van der Waals surface area contributed by atoms with Gasteiger partial charge in [0.25, 0.3) is 0 Å². The lowest BCUT2D eigenvalue weighted by Gasteiger charge is -2.01. The fraction of sp³-hybridized carbons (Fsp3) is 0.400. The molecule has 0 aromatic heterocycles. The van der Waals surface area contributed by atoms with E-state index in [1.54, 1.807) is 0 Å². The predicted molar refractivity (Wildman–Crippen MR) is 57.4 cm³/mol. The van der Waals surface area contributed by atoms with Crippen LogP contribution in [0.25, 0.3) is 0 Å². The highest BCUT2D eigenvalue weighted by atomic mass is 35.5. The summed E-state index contributed by atoms with van der Waals surface area (Å²) in [6, 6.07) is 7.99. The van der Waals surface area contributed by atoms with Crippen LogP contribution in [0.3, 0.4) is 0 Å². The van der Waals surface area contributed by atoms with E-state index in [1.165, 1.54) is 5.56 Å². The van der Waals surface area contributed by atoms with Crippen molar-refractivity contribution in [3.8, 4) is 0 Å². The molecule has 0 radical (unpaired) electrons. The van der Waals surface area contributed by atoms with Crippen LogP contribution in [0.2, 0.25) is 5.02 Å². The predicted octanol–water partition coefficient (Wildman–Crippen LogP) is 2.97. The minimum Gasteiger partial charge on any atom is -0.372 e. The summed E-state index contributed by atoms with van der Waals surface area (Å²) in [5.41, 5.74) is 1.22. The minimum absolute atomic E-state index is 0.507. The average molecular weight is 215 g/mol. The molecule has 1 unspecified atom stereocenters. The van der Waals surface area contributed by atoms with Gasteiger partial charge in [-0.15, -0.1) is 0 Å². The number of benzene rings is 1. The van der Waals surface area contributed by atoms with E-state index in [1.807, 2.05) is 30.0 Å². The van der Waals surface area contributed by atoms with E-state index in [4.69, 9.17) is 16.3 Å². The van der Waals surface area contributed by atoms with Gasteiger partial charge in [-0.1, -0.05) is 29.8 Å². The van der Waals surface area contributed by atoms with Gasteiger partial charge in [-0.25, -0.2) is 0 Å². The number of hydrogen-bond acceptors (Lipinski definition) is 2. The zero-order valence-electron chi connectivity index (χ0n) is 7.20. The summed E-state index contributed by atoms with van der Waals surface area (Å²) in [5, 5.41) is 0.867. The van der Waals surface area contributed by atoms with Gasteiger partial charge in [0.1, 0.15) is 0 Å². The van der Waals surface area contributed by atoms with Gasteiger partial charge in [0, 0.05) is 16.5 Å². The van der Waals surface area contributed by atoms with Crippen molar-refractivity contribution >= 4 is 23.4 Å². The fourth-order valence-electron chi connectivity index (χ4n) is 1.08. The van der Waals surface area contributed by atoms with Gasteiger partial charge in [-0.3, -0.25) is 0 Å². The van der Waals surface area contributed by atoms with Gasteiger partial charge in [0.05, 0.1) is 12.7 Å². The first-order valence-electron chi connectivity index (χ1n) is 4.29. The molecule has 1 fully saturated rings. The van der Waals surface area contributed by atoms with Gasteiger partial charge in [-0.05, 0) is 11.6 Å². The molecule has 0 aliphatic carbocycles. The molecule has 0 amide bonds. The smallest absolute Gasteiger partial charge is 0.0900 e. The molecule has 0 saturated carbocycles. The summed E-state index contributed by atoms with van der Waals surface area (Å²) in [6.45, 7) is 0.940. The molecule has 3 heteroatoms. The third kappa shape index (κ3) is 2.90. The summed E-state index contributed by atoms with van der Waals surface area (Å²) in [4.78, 5) is 0. The fourth-order valence-corrected chi connectivity index (χ4v) is 2.41. The van der Waals surface area contributed by atoms with Crippen LogP contribution in [0.1, 0.15) is 5.56 Å². The third-order valence-electron chi connectivity index (χ3n) is 1.92. The number of ether oxygens (including phenoxy) is 1. The first-order valence-corrected chi connectivity index (χ1v) is 5.82. The van der Waals surface area contributed by atoms with Gasteiger partial charge in [0.15, 0.2) is 0 Å². The van der Waals surface area contributed by atoms with Crippen molar-refractivity contribution in [2.75, 3.05) is 12.4 Å². The van der Waals surface area contributed by atoms with Crippen LogP contribution in [0.4, 0.5) is 0 Å². The molecule has 1 aromatic carbocycles. The van der Waals surface area contributed by atoms with E-state index in [-0.39, 0.29) is 0 Å². The number of epoxide rings is 1. The summed E-state index contributed by atoms with van der Waals surface area (Å²) in [6.07, 6.45) is 0.507. The zero-order chi connectivity index (χ0) is 9.10. The Morgan fingerprint density at radius 3 is 2.92 bits per heavy atom. The molecule has 0 bridgehead atoms. The molecular formula is C10H11ClOS. The molecule has 2 rings (SSSR count). The Bertz CT molecular complexity index is 286. The molecule has 1 heterocycles. The Labute approximate surface area is 87.4 Å². The molecule has 0 spiro atoms.